The quantitative estimate of drug-likeness (QED) is 0.762. The summed E-state index contributed by atoms with van der Waals surface area (Å²) in [5.74, 6) is -1.63. The molecule has 1 aliphatic rings. The van der Waals surface area contributed by atoms with E-state index in [2.05, 4.69) is 5.32 Å². The van der Waals surface area contributed by atoms with Crippen molar-refractivity contribution in [3.8, 4) is 0 Å². The van der Waals surface area contributed by atoms with E-state index < -0.39 is 17.9 Å². The summed E-state index contributed by atoms with van der Waals surface area (Å²) >= 11 is 5.73. The van der Waals surface area contributed by atoms with Crippen LogP contribution in [0.25, 0.3) is 0 Å². The smallest absolute Gasteiger partial charge is 0.313 e. The molecule has 0 radical (unpaired) electrons. The van der Waals surface area contributed by atoms with Gasteiger partial charge in [0.25, 0.3) is 0 Å². The first kappa shape index (κ1) is 16.6. The Balaban J connectivity index is 2.09. The van der Waals surface area contributed by atoms with Gasteiger partial charge in [-0.1, -0.05) is 17.7 Å². The lowest BCUT2D eigenvalue weighted by atomic mass is 9.76. The predicted molar refractivity (Wildman–Crippen MR) is 74.7 cm³/mol. The first-order valence-electron chi connectivity index (χ1n) is 7.02. The molecule has 1 aromatic rings. The average Bonchev–Trinajstić information content (AvgIpc) is 2.41. The largest absolute Gasteiger partial charge is 0.391 e. The van der Waals surface area contributed by atoms with Crippen molar-refractivity contribution in [2.45, 2.75) is 37.9 Å². The summed E-state index contributed by atoms with van der Waals surface area (Å²) in [5.41, 5.74) is 0.470. The molecule has 1 saturated carbocycles. The van der Waals surface area contributed by atoms with E-state index in [0.29, 0.717) is 23.4 Å². The number of rotatable bonds is 3. The first-order valence-corrected chi connectivity index (χ1v) is 7.39. The minimum atomic E-state index is -4.12. The molecule has 0 amide bonds. The van der Waals surface area contributed by atoms with Gasteiger partial charge in [-0.25, -0.2) is 4.39 Å². The molecule has 1 nitrogen and oxygen atoms in total. The Morgan fingerprint density at radius 3 is 2.29 bits per heavy atom. The monoisotopic (exact) mass is 323 g/mol. The fraction of sp³-hybridized carbons (Fsp3) is 0.600. The number of benzene rings is 1. The van der Waals surface area contributed by atoms with Gasteiger partial charge in [-0.15, -0.1) is 0 Å². The third-order valence-electron chi connectivity index (χ3n) is 4.31. The average molecular weight is 324 g/mol. The summed E-state index contributed by atoms with van der Waals surface area (Å²) in [5, 5.41) is 3.35. The third kappa shape index (κ3) is 3.89. The Morgan fingerprint density at radius 2 is 1.81 bits per heavy atom. The molecule has 1 fully saturated rings. The SMILES string of the molecule is CNC(c1ccc(Cl)cc1F)C1CCC(C(F)(F)F)CC1. The van der Waals surface area contributed by atoms with Crippen LogP contribution in [0.15, 0.2) is 18.2 Å². The molecule has 1 unspecified atom stereocenters. The van der Waals surface area contributed by atoms with Crippen LogP contribution in [-0.4, -0.2) is 13.2 Å². The van der Waals surface area contributed by atoms with Crippen molar-refractivity contribution in [1.82, 2.24) is 5.32 Å². The van der Waals surface area contributed by atoms with Crippen LogP contribution in [0.4, 0.5) is 17.6 Å². The van der Waals surface area contributed by atoms with Crippen LogP contribution in [0, 0.1) is 17.7 Å². The van der Waals surface area contributed by atoms with Gasteiger partial charge in [0.05, 0.1) is 5.92 Å². The van der Waals surface area contributed by atoms with Crippen LogP contribution in [-0.2, 0) is 0 Å². The van der Waals surface area contributed by atoms with Crippen LogP contribution >= 0.6 is 11.6 Å². The predicted octanol–water partition coefficient (Wildman–Crippen LogP) is 5.11. The first-order chi connectivity index (χ1) is 9.82. The number of alkyl halides is 3. The van der Waals surface area contributed by atoms with Crippen molar-refractivity contribution >= 4 is 11.6 Å². The normalized spacial score (nSPS) is 24.9. The maximum atomic E-state index is 14.0. The zero-order chi connectivity index (χ0) is 15.6. The highest BCUT2D eigenvalue weighted by Gasteiger charge is 2.42. The molecule has 0 bridgehead atoms. The van der Waals surface area contributed by atoms with Gasteiger partial charge in [-0.2, -0.15) is 13.2 Å². The van der Waals surface area contributed by atoms with Crippen molar-refractivity contribution in [2.75, 3.05) is 7.05 Å². The molecular weight excluding hydrogens is 306 g/mol. The molecule has 1 N–H and O–H groups in total. The lowest BCUT2D eigenvalue weighted by molar-refractivity contribution is -0.184. The second-order valence-corrected chi connectivity index (χ2v) is 6.02. The van der Waals surface area contributed by atoms with Gasteiger partial charge in [0.2, 0.25) is 0 Å². The number of halogens is 5. The van der Waals surface area contributed by atoms with Gasteiger partial charge >= 0.3 is 6.18 Å². The highest BCUT2D eigenvalue weighted by molar-refractivity contribution is 6.30. The van der Waals surface area contributed by atoms with E-state index in [9.17, 15) is 17.6 Å². The van der Waals surface area contributed by atoms with E-state index in [4.69, 9.17) is 11.6 Å². The van der Waals surface area contributed by atoms with E-state index in [1.807, 2.05) is 0 Å². The van der Waals surface area contributed by atoms with Gasteiger partial charge in [-0.05, 0) is 50.8 Å². The van der Waals surface area contributed by atoms with Crippen LogP contribution in [0.5, 0.6) is 0 Å². The number of hydrogen-bond donors (Lipinski definition) is 1. The fourth-order valence-electron chi connectivity index (χ4n) is 3.18. The molecule has 0 heterocycles. The Hall–Kier alpha value is -0.810. The molecule has 6 heteroatoms. The summed E-state index contributed by atoms with van der Waals surface area (Å²) in [4.78, 5) is 0. The van der Waals surface area contributed by atoms with E-state index in [1.165, 1.54) is 6.07 Å². The second-order valence-electron chi connectivity index (χ2n) is 5.59. The highest BCUT2D eigenvalue weighted by Crippen LogP contribution is 2.43. The Morgan fingerprint density at radius 1 is 1.19 bits per heavy atom. The maximum Gasteiger partial charge on any atom is 0.391 e. The minimum absolute atomic E-state index is 0.00396. The molecular formula is C15H18ClF4N. The molecule has 0 saturated heterocycles. The van der Waals surface area contributed by atoms with E-state index >= 15 is 0 Å². The van der Waals surface area contributed by atoms with E-state index in [-0.39, 0.29) is 24.8 Å². The van der Waals surface area contributed by atoms with Crippen LogP contribution in [0.1, 0.15) is 37.3 Å². The van der Waals surface area contributed by atoms with Crippen molar-refractivity contribution < 1.29 is 17.6 Å². The van der Waals surface area contributed by atoms with Crippen molar-refractivity contribution in [1.29, 1.82) is 0 Å². The lowest BCUT2D eigenvalue weighted by Crippen LogP contribution is -2.33. The summed E-state index contributed by atoms with van der Waals surface area (Å²) in [6, 6.07) is 4.17. The molecule has 2 rings (SSSR count). The van der Waals surface area contributed by atoms with E-state index in [0.717, 1.165) is 0 Å². The van der Waals surface area contributed by atoms with Crippen LogP contribution in [0.2, 0.25) is 5.02 Å². The highest BCUT2D eigenvalue weighted by atomic mass is 35.5. The molecule has 1 aromatic carbocycles. The van der Waals surface area contributed by atoms with Gasteiger partial charge in [-0.3, -0.25) is 0 Å². The van der Waals surface area contributed by atoms with Crippen molar-refractivity contribution in [2.24, 2.45) is 11.8 Å². The molecule has 1 atom stereocenters. The zero-order valence-electron chi connectivity index (χ0n) is 11.7. The molecule has 0 spiro atoms. The molecule has 0 aliphatic heterocycles. The fourth-order valence-corrected chi connectivity index (χ4v) is 3.34. The molecule has 21 heavy (non-hydrogen) atoms. The summed E-state index contributed by atoms with van der Waals surface area (Å²) in [6.45, 7) is 0. The molecule has 118 valence electrons. The van der Waals surface area contributed by atoms with Crippen molar-refractivity contribution in [3.63, 3.8) is 0 Å². The summed E-state index contributed by atoms with van der Waals surface area (Å²) < 4.78 is 52.1. The number of nitrogens with one attached hydrogen (secondary N) is 1. The van der Waals surface area contributed by atoms with Gasteiger partial charge in [0, 0.05) is 16.6 Å². The molecule has 1 aliphatic carbocycles. The summed E-state index contributed by atoms with van der Waals surface area (Å²) in [6.07, 6.45) is -3.01. The van der Waals surface area contributed by atoms with Gasteiger partial charge in [0.1, 0.15) is 5.82 Å². The lowest BCUT2D eigenvalue weighted by Gasteiger charge is -2.34. The summed E-state index contributed by atoms with van der Waals surface area (Å²) in [7, 11) is 1.70. The minimum Gasteiger partial charge on any atom is -0.313 e. The third-order valence-corrected chi connectivity index (χ3v) is 4.55. The Bertz CT molecular complexity index is 481. The molecule has 0 aromatic heterocycles. The zero-order valence-corrected chi connectivity index (χ0v) is 12.4. The Kier molecular flexibility index (Phi) is 5.15. The standard InChI is InChI=1S/C15H18ClF4N/c1-21-14(12-7-6-11(16)8-13(12)17)9-2-4-10(5-3-9)15(18,19)20/h6-10,14,21H,2-5H2,1H3. The maximum absolute atomic E-state index is 14.0. The second kappa shape index (κ2) is 6.53. The Labute approximate surface area is 126 Å². The van der Waals surface area contributed by atoms with Crippen molar-refractivity contribution in [3.05, 3.63) is 34.6 Å². The van der Waals surface area contributed by atoms with E-state index in [1.54, 1.807) is 19.2 Å². The number of hydrogen-bond acceptors (Lipinski definition) is 1. The van der Waals surface area contributed by atoms with Crippen LogP contribution < -0.4 is 5.32 Å². The van der Waals surface area contributed by atoms with Gasteiger partial charge < -0.3 is 5.32 Å². The topological polar surface area (TPSA) is 12.0 Å². The van der Waals surface area contributed by atoms with Crippen LogP contribution in [0.3, 0.4) is 0 Å². The van der Waals surface area contributed by atoms with Gasteiger partial charge in [0.15, 0.2) is 0 Å².